The van der Waals surface area contributed by atoms with Crippen molar-refractivity contribution in [3.63, 3.8) is 0 Å². The van der Waals surface area contributed by atoms with Gasteiger partial charge in [0, 0.05) is 6.04 Å². The van der Waals surface area contributed by atoms with Crippen molar-refractivity contribution in [3.05, 3.63) is 0 Å². The number of hydrogen-bond donors (Lipinski definition) is 1. The summed E-state index contributed by atoms with van der Waals surface area (Å²) in [5.41, 5.74) is 7.15. The molecule has 2 N–H and O–H groups in total. The van der Waals surface area contributed by atoms with Crippen LogP contribution in [0, 0.1) is 29.1 Å². The Bertz CT molecular complexity index is 269. The van der Waals surface area contributed by atoms with Gasteiger partial charge in [-0.15, -0.1) is 0 Å². The van der Waals surface area contributed by atoms with E-state index in [0.717, 1.165) is 23.7 Å². The van der Waals surface area contributed by atoms with Crippen LogP contribution < -0.4 is 5.73 Å². The highest BCUT2D eigenvalue weighted by molar-refractivity contribution is 5.02. The number of rotatable bonds is 4. The Hall–Kier alpha value is -0.0400. The van der Waals surface area contributed by atoms with Crippen molar-refractivity contribution in [2.75, 3.05) is 0 Å². The van der Waals surface area contributed by atoms with Gasteiger partial charge in [-0.2, -0.15) is 0 Å². The largest absolute Gasteiger partial charge is 0.328 e. The lowest BCUT2D eigenvalue weighted by Gasteiger charge is -2.57. The normalized spacial score (nSPS) is 49.6. The summed E-state index contributed by atoms with van der Waals surface area (Å²) in [6, 6.07) is 0.527. The van der Waals surface area contributed by atoms with E-state index >= 15 is 0 Å². The molecule has 1 nitrogen and oxygen atoms in total. The molecule has 5 saturated carbocycles. The van der Waals surface area contributed by atoms with Crippen LogP contribution in [0.3, 0.4) is 0 Å². The fourth-order valence-corrected chi connectivity index (χ4v) is 5.96. The van der Waals surface area contributed by atoms with E-state index in [2.05, 4.69) is 0 Å². The van der Waals surface area contributed by atoms with Crippen molar-refractivity contribution in [2.45, 2.75) is 70.3 Å². The van der Waals surface area contributed by atoms with Crippen molar-refractivity contribution in [3.8, 4) is 0 Å². The van der Waals surface area contributed by atoms with Crippen LogP contribution in [-0.4, -0.2) is 6.04 Å². The third kappa shape index (κ3) is 2.05. The Labute approximate surface area is 106 Å². The molecule has 0 radical (unpaired) electrons. The quantitative estimate of drug-likeness (QED) is 0.787. The van der Waals surface area contributed by atoms with Crippen LogP contribution >= 0.6 is 0 Å². The minimum absolute atomic E-state index is 0.527. The van der Waals surface area contributed by atoms with Gasteiger partial charge in [-0.05, 0) is 80.5 Å². The van der Waals surface area contributed by atoms with E-state index in [0.29, 0.717) is 11.5 Å². The molecule has 1 atom stereocenters. The van der Waals surface area contributed by atoms with Gasteiger partial charge in [0.2, 0.25) is 0 Å². The van der Waals surface area contributed by atoms with Gasteiger partial charge in [-0.3, -0.25) is 0 Å². The minimum Gasteiger partial charge on any atom is -0.328 e. The first kappa shape index (κ1) is 10.8. The smallest absolute Gasteiger partial charge is 0.00467 e. The molecule has 0 amide bonds. The monoisotopic (exact) mass is 233 g/mol. The van der Waals surface area contributed by atoms with Crippen molar-refractivity contribution < 1.29 is 0 Å². The molecular formula is C16H27N. The van der Waals surface area contributed by atoms with Gasteiger partial charge < -0.3 is 5.73 Å². The summed E-state index contributed by atoms with van der Waals surface area (Å²) in [6.45, 7) is 0. The molecule has 0 spiro atoms. The zero-order chi connectivity index (χ0) is 11.5. The first-order valence-corrected chi connectivity index (χ1v) is 7.96. The van der Waals surface area contributed by atoms with E-state index in [9.17, 15) is 0 Å². The highest BCUT2D eigenvalue weighted by atomic mass is 14.7. The Balaban J connectivity index is 1.44. The molecule has 1 unspecified atom stereocenters. The molecule has 0 aliphatic heterocycles. The molecule has 5 rings (SSSR count). The predicted octanol–water partition coefficient (Wildman–Crippen LogP) is 3.72. The Morgan fingerprint density at radius 1 is 0.941 bits per heavy atom. The molecule has 17 heavy (non-hydrogen) atoms. The van der Waals surface area contributed by atoms with Gasteiger partial charge >= 0.3 is 0 Å². The zero-order valence-electron chi connectivity index (χ0n) is 11.0. The number of nitrogens with two attached hydrogens (primary N) is 1. The topological polar surface area (TPSA) is 26.0 Å². The second-order valence-corrected chi connectivity index (χ2v) is 8.06. The SMILES string of the molecule is NC(CC1CC1)CC12CC3CC(CC(C3)C1)C2. The van der Waals surface area contributed by atoms with Crippen molar-refractivity contribution in [1.82, 2.24) is 0 Å². The standard InChI is InChI=1S/C16H27N/c17-15(6-11-1-2-11)10-16-7-12-3-13(8-16)5-14(4-12)9-16/h11-15H,1-10,17H2. The van der Waals surface area contributed by atoms with Crippen LogP contribution in [0.25, 0.3) is 0 Å². The average molecular weight is 233 g/mol. The summed E-state index contributed by atoms with van der Waals surface area (Å²) < 4.78 is 0. The highest BCUT2D eigenvalue weighted by Gasteiger charge is 2.51. The van der Waals surface area contributed by atoms with Gasteiger partial charge in [-0.25, -0.2) is 0 Å². The maximum absolute atomic E-state index is 6.44. The summed E-state index contributed by atoms with van der Waals surface area (Å²) in [5.74, 6) is 4.29. The summed E-state index contributed by atoms with van der Waals surface area (Å²) in [4.78, 5) is 0. The molecule has 0 aromatic carbocycles. The Morgan fingerprint density at radius 2 is 1.47 bits per heavy atom. The van der Waals surface area contributed by atoms with Gasteiger partial charge in [-0.1, -0.05) is 12.8 Å². The second kappa shape index (κ2) is 3.73. The molecule has 0 saturated heterocycles. The third-order valence-corrected chi connectivity index (χ3v) is 6.19. The fraction of sp³-hybridized carbons (Fsp3) is 1.00. The van der Waals surface area contributed by atoms with Crippen LogP contribution in [0.4, 0.5) is 0 Å². The summed E-state index contributed by atoms with van der Waals surface area (Å²) in [6.07, 6.45) is 15.0. The molecule has 1 heteroatoms. The van der Waals surface area contributed by atoms with E-state index < -0.39 is 0 Å². The lowest BCUT2D eigenvalue weighted by Crippen LogP contribution is -2.48. The Kier molecular flexibility index (Phi) is 2.38. The van der Waals surface area contributed by atoms with E-state index in [-0.39, 0.29) is 0 Å². The molecule has 96 valence electrons. The maximum atomic E-state index is 6.44. The van der Waals surface area contributed by atoms with E-state index in [1.54, 1.807) is 38.5 Å². The number of hydrogen-bond acceptors (Lipinski definition) is 1. The van der Waals surface area contributed by atoms with E-state index in [1.165, 1.54) is 25.7 Å². The van der Waals surface area contributed by atoms with Crippen LogP contribution in [-0.2, 0) is 0 Å². The van der Waals surface area contributed by atoms with Gasteiger partial charge in [0.15, 0.2) is 0 Å². The first-order chi connectivity index (χ1) is 8.21. The molecule has 0 aromatic heterocycles. The van der Waals surface area contributed by atoms with Crippen molar-refractivity contribution >= 4 is 0 Å². The first-order valence-electron chi connectivity index (χ1n) is 7.96. The predicted molar refractivity (Wildman–Crippen MR) is 70.5 cm³/mol. The summed E-state index contributed by atoms with van der Waals surface area (Å²) >= 11 is 0. The van der Waals surface area contributed by atoms with Crippen LogP contribution in [0.5, 0.6) is 0 Å². The average Bonchev–Trinajstić information content (AvgIpc) is 2.97. The van der Waals surface area contributed by atoms with Crippen LogP contribution in [0.1, 0.15) is 64.2 Å². The minimum atomic E-state index is 0.527. The fourth-order valence-electron chi connectivity index (χ4n) is 5.96. The zero-order valence-corrected chi connectivity index (χ0v) is 11.0. The maximum Gasteiger partial charge on any atom is 0.00467 e. The molecule has 0 heterocycles. The second-order valence-electron chi connectivity index (χ2n) is 8.06. The van der Waals surface area contributed by atoms with E-state index in [4.69, 9.17) is 5.73 Å². The summed E-state index contributed by atoms with van der Waals surface area (Å²) in [7, 11) is 0. The third-order valence-electron chi connectivity index (χ3n) is 6.19. The molecule has 5 aliphatic rings. The molecule has 4 bridgehead atoms. The molecule has 5 fully saturated rings. The van der Waals surface area contributed by atoms with Gasteiger partial charge in [0.05, 0.1) is 0 Å². The lowest BCUT2D eigenvalue weighted by atomic mass is 9.48. The van der Waals surface area contributed by atoms with Gasteiger partial charge in [0.1, 0.15) is 0 Å². The van der Waals surface area contributed by atoms with Crippen LogP contribution in [0.15, 0.2) is 0 Å². The Morgan fingerprint density at radius 3 is 1.94 bits per heavy atom. The van der Waals surface area contributed by atoms with Gasteiger partial charge in [0.25, 0.3) is 0 Å². The molecular weight excluding hydrogens is 206 g/mol. The lowest BCUT2D eigenvalue weighted by molar-refractivity contribution is -0.0608. The van der Waals surface area contributed by atoms with Crippen molar-refractivity contribution in [1.29, 1.82) is 0 Å². The molecule has 5 aliphatic carbocycles. The highest BCUT2D eigenvalue weighted by Crippen LogP contribution is 2.61. The van der Waals surface area contributed by atoms with Crippen molar-refractivity contribution in [2.24, 2.45) is 34.8 Å². The molecule has 0 aromatic rings. The summed E-state index contributed by atoms with van der Waals surface area (Å²) in [5, 5.41) is 0. The van der Waals surface area contributed by atoms with E-state index in [1.807, 2.05) is 0 Å². The van der Waals surface area contributed by atoms with Crippen LogP contribution in [0.2, 0.25) is 0 Å².